The molecule has 0 saturated heterocycles. The Morgan fingerprint density at radius 1 is 0.413 bits per heavy atom. The van der Waals surface area contributed by atoms with E-state index in [1.165, 1.54) is 76.8 Å². The van der Waals surface area contributed by atoms with Crippen LogP contribution in [0.3, 0.4) is 0 Å². The van der Waals surface area contributed by atoms with Crippen molar-refractivity contribution >= 4 is 54.3 Å². The Labute approximate surface area is 267 Å². The van der Waals surface area contributed by atoms with E-state index in [0.717, 1.165) is 21.9 Å². The first-order valence-electron chi connectivity index (χ1n) is 16.1. The van der Waals surface area contributed by atoms with E-state index in [9.17, 15) is 0 Å². The van der Waals surface area contributed by atoms with Crippen LogP contribution >= 0.6 is 0 Å². The molecular weight excluding hydrogens is 556 g/mol. The molecule has 8 aromatic carbocycles. The summed E-state index contributed by atoms with van der Waals surface area (Å²) in [6.45, 7) is 4.74. The Morgan fingerprint density at radius 2 is 0.978 bits per heavy atom. The minimum absolute atomic E-state index is 0.0916. The Bertz CT molecular complexity index is 2660. The lowest BCUT2D eigenvalue weighted by atomic mass is 9.68. The van der Waals surface area contributed by atoms with Crippen molar-refractivity contribution in [2.45, 2.75) is 19.3 Å². The Hall–Kier alpha value is -5.66. The molecule has 0 N–H and O–H groups in total. The smallest absolute Gasteiger partial charge is 0.135 e. The molecule has 0 saturated carbocycles. The molecule has 1 nitrogen and oxygen atoms in total. The molecule has 1 heterocycles. The van der Waals surface area contributed by atoms with Gasteiger partial charge in [0, 0.05) is 16.2 Å². The lowest BCUT2D eigenvalue weighted by Crippen LogP contribution is -2.23. The minimum atomic E-state index is -0.0916. The number of benzene rings is 8. The van der Waals surface area contributed by atoms with Crippen LogP contribution in [0.2, 0.25) is 0 Å². The average molecular weight is 587 g/mol. The molecule has 0 bridgehead atoms. The zero-order valence-electron chi connectivity index (χ0n) is 25.8. The third kappa shape index (κ3) is 3.40. The second-order valence-electron chi connectivity index (χ2n) is 13.2. The summed E-state index contributed by atoms with van der Waals surface area (Å²) in [5.41, 5.74) is 12.2. The van der Waals surface area contributed by atoms with Crippen molar-refractivity contribution in [1.29, 1.82) is 0 Å². The molecule has 216 valence electrons. The van der Waals surface area contributed by atoms with Crippen LogP contribution < -0.4 is 0 Å². The van der Waals surface area contributed by atoms with E-state index < -0.39 is 0 Å². The van der Waals surface area contributed by atoms with Gasteiger partial charge in [-0.05, 0) is 101 Å². The van der Waals surface area contributed by atoms with Crippen LogP contribution in [0.4, 0.5) is 0 Å². The van der Waals surface area contributed by atoms with Crippen molar-refractivity contribution in [1.82, 2.24) is 0 Å². The number of hydrogen-bond donors (Lipinski definition) is 0. The van der Waals surface area contributed by atoms with Crippen LogP contribution in [0.25, 0.3) is 87.6 Å². The summed E-state index contributed by atoms with van der Waals surface area (Å²) in [5.74, 6) is 0. The van der Waals surface area contributed by atoms with E-state index in [4.69, 9.17) is 4.42 Å². The minimum Gasteiger partial charge on any atom is -0.456 e. The first-order valence-corrected chi connectivity index (χ1v) is 16.1. The summed E-state index contributed by atoms with van der Waals surface area (Å²) in [6.07, 6.45) is 0. The van der Waals surface area contributed by atoms with Crippen molar-refractivity contribution in [3.63, 3.8) is 0 Å². The van der Waals surface area contributed by atoms with Crippen LogP contribution in [0.5, 0.6) is 0 Å². The van der Waals surface area contributed by atoms with Gasteiger partial charge >= 0.3 is 0 Å². The molecule has 1 aliphatic rings. The summed E-state index contributed by atoms with van der Waals surface area (Å²) in [4.78, 5) is 0. The summed E-state index contributed by atoms with van der Waals surface area (Å²) < 4.78 is 6.20. The third-order valence-electron chi connectivity index (χ3n) is 10.4. The highest BCUT2D eigenvalue weighted by molar-refractivity contribution is 6.22. The lowest BCUT2D eigenvalue weighted by molar-refractivity contribution is 0.645. The first kappa shape index (κ1) is 25.6. The van der Waals surface area contributed by atoms with E-state index in [1.54, 1.807) is 0 Å². The van der Waals surface area contributed by atoms with Gasteiger partial charge in [0.25, 0.3) is 0 Å². The van der Waals surface area contributed by atoms with E-state index >= 15 is 0 Å². The number of hydrogen-bond acceptors (Lipinski definition) is 1. The van der Waals surface area contributed by atoms with Gasteiger partial charge in [0.05, 0.1) is 0 Å². The molecule has 0 aliphatic heterocycles. The van der Waals surface area contributed by atoms with Gasteiger partial charge in [-0.15, -0.1) is 0 Å². The van der Waals surface area contributed by atoms with E-state index in [-0.39, 0.29) is 5.41 Å². The fourth-order valence-corrected chi connectivity index (χ4v) is 8.33. The lowest BCUT2D eigenvalue weighted by Gasteiger charge is -2.35. The summed E-state index contributed by atoms with van der Waals surface area (Å²) >= 11 is 0. The van der Waals surface area contributed by atoms with Gasteiger partial charge in [-0.25, -0.2) is 0 Å². The van der Waals surface area contributed by atoms with Crippen LogP contribution in [0, 0.1) is 0 Å². The van der Waals surface area contributed by atoms with Gasteiger partial charge in [0.1, 0.15) is 11.2 Å². The van der Waals surface area contributed by atoms with Gasteiger partial charge < -0.3 is 4.42 Å². The van der Waals surface area contributed by atoms with Gasteiger partial charge in [-0.3, -0.25) is 0 Å². The zero-order chi connectivity index (χ0) is 30.6. The van der Waals surface area contributed by atoms with Gasteiger partial charge in [0.2, 0.25) is 0 Å². The van der Waals surface area contributed by atoms with Crippen molar-refractivity contribution < 1.29 is 4.42 Å². The normalized spacial score (nSPS) is 13.6. The maximum atomic E-state index is 6.20. The number of rotatable bonds is 2. The molecule has 1 aromatic heterocycles. The maximum Gasteiger partial charge on any atom is 0.135 e. The molecule has 1 aliphatic carbocycles. The Kier molecular flexibility index (Phi) is 5.12. The molecule has 0 fully saturated rings. The first-order chi connectivity index (χ1) is 22.6. The predicted octanol–water partition coefficient (Wildman–Crippen LogP) is 12.7. The molecule has 46 heavy (non-hydrogen) atoms. The van der Waals surface area contributed by atoms with Crippen molar-refractivity contribution in [3.8, 4) is 33.4 Å². The van der Waals surface area contributed by atoms with Crippen molar-refractivity contribution in [2.24, 2.45) is 0 Å². The zero-order valence-corrected chi connectivity index (χ0v) is 25.8. The van der Waals surface area contributed by atoms with E-state index in [1.807, 2.05) is 12.1 Å². The predicted molar refractivity (Wildman–Crippen MR) is 195 cm³/mol. The van der Waals surface area contributed by atoms with Crippen LogP contribution in [0.15, 0.2) is 150 Å². The molecule has 0 amide bonds. The maximum absolute atomic E-state index is 6.20. The average Bonchev–Trinajstić information content (AvgIpc) is 3.47. The molecule has 0 radical (unpaired) electrons. The van der Waals surface area contributed by atoms with Crippen LogP contribution in [-0.2, 0) is 5.41 Å². The molecule has 9 aromatic rings. The van der Waals surface area contributed by atoms with E-state index in [0.29, 0.717) is 0 Å². The summed E-state index contributed by atoms with van der Waals surface area (Å²) in [5, 5.41) is 10.0. The molecule has 0 unspecified atom stereocenters. The van der Waals surface area contributed by atoms with Crippen molar-refractivity contribution in [3.05, 3.63) is 157 Å². The van der Waals surface area contributed by atoms with Crippen LogP contribution in [-0.4, -0.2) is 0 Å². The SMILES string of the molecule is CC1(C)c2ccc(-c3c4ccccc4c(-c4ccc5oc6ccccc6c5c4)c4ccccc34)cc2-c2cccc3cccc1c23. The fourth-order valence-electron chi connectivity index (χ4n) is 8.33. The highest BCUT2D eigenvalue weighted by atomic mass is 16.3. The van der Waals surface area contributed by atoms with Crippen molar-refractivity contribution in [2.75, 3.05) is 0 Å². The monoisotopic (exact) mass is 586 g/mol. The summed E-state index contributed by atoms with van der Waals surface area (Å²) in [7, 11) is 0. The molecule has 10 rings (SSSR count). The largest absolute Gasteiger partial charge is 0.456 e. The molecular formula is C45H30O. The van der Waals surface area contributed by atoms with Gasteiger partial charge in [-0.1, -0.05) is 135 Å². The fraction of sp³-hybridized carbons (Fsp3) is 0.0667. The quantitative estimate of drug-likeness (QED) is 0.184. The Morgan fingerprint density at radius 3 is 1.67 bits per heavy atom. The highest BCUT2D eigenvalue weighted by Gasteiger charge is 2.33. The van der Waals surface area contributed by atoms with Crippen LogP contribution in [0.1, 0.15) is 25.0 Å². The second kappa shape index (κ2) is 9.19. The van der Waals surface area contributed by atoms with E-state index in [2.05, 4.69) is 147 Å². The van der Waals surface area contributed by atoms with Gasteiger partial charge in [0.15, 0.2) is 0 Å². The second-order valence-corrected chi connectivity index (χ2v) is 13.2. The highest BCUT2D eigenvalue weighted by Crippen LogP contribution is 2.51. The number of fused-ring (bicyclic) bond motifs is 7. The van der Waals surface area contributed by atoms with Gasteiger partial charge in [-0.2, -0.15) is 0 Å². The topological polar surface area (TPSA) is 13.1 Å². The Balaban J connectivity index is 1.27. The number of furan rings is 1. The number of para-hydroxylation sites is 1. The molecule has 0 spiro atoms. The molecule has 1 heteroatoms. The third-order valence-corrected chi connectivity index (χ3v) is 10.4. The standard InChI is InChI=1S/C45H30O/c1-45(2)38-23-21-28(25-36(38)35-18-9-11-27-12-10-19-39(45)44(27)35)42-31-14-3-5-16-33(31)43(34-17-6-4-15-32(34)42)29-22-24-41-37(26-29)30-13-7-8-20-40(30)46-41/h3-26H,1-2H3. The molecule has 0 atom stereocenters. The summed E-state index contributed by atoms with van der Waals surface area (Å²) in [6, 6.07) is 53.6.